The van der Waals surface area contributed by atoms with E-state index in [1.807, 2.05) is 48.5 Å². The van der Waals surface area contributed by atoms with Gasteiger partial charge in [-0.1, -0.05) is 36.4 Å². The van der Waals surface area contributed by atoms with Crippen molar-refractivity contribution in [2.45, 2.75) is 13.0 Å². The van der Waals surface area contributed by atoms with E-state index in [1.165, 1.54) is 0 Å². The SMILES string of the molecule is COc1ccccc1COc1ccccc1CCN. The van der Waals surface area contributed by atoms with Gasteiger partial charge in [0.15, 0.2) is 0 Å². The van der Waals surface area contributed by atoms with Crippen molar-refractivity contribution in [3.63, 3.8) is 0 Å². The fourth-order valence-corrected chi connectivity index (χ4v) is 1.98. The number of para-hydroxylation sites is 2. The second kappa shape index (κ2) is 6.81. The van der Waals surface area contributed by atoms with E-state index in [0.717, 1.165) is 29.0 Å². The fraction of sp³-hybridized carbons (Fsp3) is 0.250. The maximum Gasteiger partial charge on any atom is 0.125 e. The van der Waals surface area contributed by atoms with Crippen molar-refractivity contribution in [3.8, 4) is 11.5 Å². The monoisotopic (exact) mass is 257 g/mol. The summed E-state index contributed by atoms with van der Waals surface area (Å²) < 4.78 is 11.2. The first kappa shape index (κ1) is 13.4. The molecule has 2 N–H and O–H groups in total. The normalized spacial score (nSPS) is 10.2. The molecule has 0 spiro atoms. The van der Waals surface area contributed by atoms with Gasteiger partial charge in [-0.2, -0.15) is 0 Å². The van der Waals surface area contributed by atoms with Gasteiger partial charge >= 0.3 is 0 Å². The highest BCUT2D eigenvalue weighted by Gasteiger charge is 2.05. The molecule has 2 rings (SSSR count). The summed E-state index contributed by atoms with van der Waals surface area (Å²) in [7, 11) is 1.67. The summed E-state index contributed by atoms with van der Waals surface area (Å²) in [5.41, 5.74) is 7.78. The van der Waals surface area contributed by atoms with Crippen molar-refractivity contribution in [2.24, 2.45) is 5.73 Å². The smallest absolute Gasteiger partial charge is 0.125 e. The van der Waals surface area contributed by atoms with Crippen LogP contribution in [0.3, 0.4) is 0 Å². The van der Waals surface area contributed by atoms with Crippen molar-refractivity contribution >= 4 is 0 Å². The predicted octanol–water partition coefficient (Wildman–Crippen LogP) is 2.78. The van der Waals surface area contributed by atoms with Gasteiger partial charge in [-0.25, -0.2) is 0 Å². The Morgan fingerprint density at radius 2 is 1.53 bits per heavy atom. The maximum atomic E-state index is 5.88. The molecule has 0 atom stereocenters. The highest BCUT2D eigenvalue weighted by molar-refractivity contribution is 5.36. The molecule has 2 aromatic carbocycles. The third-order valence-electron chi connectivity index (χ3n) is 2.96. The van der Waals surface area contributed by atoms with Crippen LogP contribution in [0.15, 0.2) is 48.5 Å². The molecule has 2 aromatic rings. The zero-order valence-corrected chi connectivity index (χ0v) is 11.1. The molecule has 0 aliphatic rings. The Morgan fingerprint density at radius 1 is 0.895 bits per heavy atom. The van der Waals surface area contributed by atoms with E-state index in [2.05, 4.69) is 0 Å². The molecule has 0 amide bonds. The minimum atomic E-state index is 0.492. The van der Waals surface area contributed by atoms with Crippen LogP contribution < -0.4 is 15.2 Å². The Morgan fingerprint density at radius 3 is 2.21 bits per heavy atom. The third-order valence-corrected chi connectivity index (χ3v) is 2.96. The van der Waals surface area contributed by atoms with Crippen LogP contribution in [0.4, 0.5) is 0 Å². The second-order valence-electron chi connectivity index (χ2n) is 4.25. The van der Waals surface area contributed by atoms with E-state index in [-0.39, 0.29) is 0 Å². The molecule has 0 unspecified atom stereocenters. The summed E-state index contributed by atoms with van der Waals surface area (Å²) in [5.74, 6) is 1.73. The van der Waals surface area contributed by atoms with Crippen LogP contribution in [0.1, 0.15) is 11.1 Å². The zero-order valence-electron chi connectivity index (χ0n) is 11.1. The van der Waals surface area contributed by atoms with Gasteiger partial charge < -0.3 is 15.2 Å². The molecule has 0 aliphatic heterocycles. The molecule has 0 radical (unpaired) electrons. The molecule has 0 saturated carbocycles. The molecule has 0 heterocycles. The van der Waals surface area contributed by atoms with Gasteiger partial charge in [0.25, 0.3) is 0 Å². The molecular formula is C16H19NO2. The number of ether oxygens (including phenoxy) is 2. The highest BCUT2D eigenvalue weighted by Crippen LogP contribution is 2.23. The van der Waals surface area contributed by atoms with Crippen LogP contribution in [0, 0.1) is 0 Å². The average Bonchev–Trinajstić information content (AvgIpc) is 2.47. The summed E-state index contributed by atoms with van der Waals surface area (Å²) in [5, 5.41) is 0. The van der Waals surface area contributed by atoms with Crippen LogP contribution in [-0.4, -0.2) is 13.7 Å². The summed E-state index contributed by atoms with van der Waals surface area (Å²) in [6.45, 7) is 1.11. The quantitative estimate of drug-likeness (QED) is 0.865. The van der Waals surface area contributed by atoms with E-state index in [9.17, 15) is 0 Å². The van der Waals surface area contributed by atoms with E-state index in [0.29, 0.717) is 13.2 Å². The lowest BCUT2D eigenvalue weighted by molar-refractivity contribution is 0.294. The first-order valence-electron chi connectivity index (χ1n) is 6.38. The summed E-state index contributed by atoms with van der Waals surface area (Å²) >= 11 is 0. The number of methoxy groups -OCH3 is 1. The van der Waals surface area contributed by atoms with Gasteiger partial charge in [0, 0.05) is 5.56 Å². The number of rotatable bonds is 6. The largest absolute Gasteiger partial charge is 0.496 e. The first-order chi connectivity index (χ1) is 9.35. The van der Waals surface area contributed by atoms with Crippen molar-refractivity contribution < 1.29 is 9.47 Å². The molecule has 100 valence electrons. The molecular weight excluding hydrogens is 238 g/mol. The first-order valence-corrected chi connectivity index (χ1v) is 6.38. The van der Waals surface area contributed by atoms with Crippen LogP contribution in [0.5, 0.6) is 11.5 Å². The average molecular weight is 257 g/mol. The minimum absolute atomic E-state index is 0.492. The fourth-order valence-electron chi connectivity index (χ4n) is 1.98. The van der Waals surface area contributed by atoms with Crippen LogP contribution >= 0.6 is 0 Å². The standard InChI is InChI=1S/C16H19NO2/c1-18-15-8-4-3-7-14(15)12-19-16-9-5-2-6-13(16)10-11-17/h2-9H,10-12,17H2,1H3. The molecule has 0 saturated heterocycles. The van der Waals surface area contributed by atoms with Crippen LogP contribution in [0.25, 0.3) is 0 Å². The van der Waals surface area contributed by atoms with Crippen molar-refractivity contribution in [2.75, 3.05) is 13.7 Å². The lowest BCUT2D eigenvalue weighted by Crippen LogP contribution is -2.05. The van der Waals surface area contributed by atoms with Gasteiger partial charge in [-0.15, -0.1) is 0 Å². The molecule has 19 heavy (non-hydrogen) atoms. The number of hydrogen-bond donors (Lipinski definition) is 1. The molecule has 3 heteroatoms. The molecule has 0 bridgehead atoms. The van der Waals surface area contributed by atoms with Gasteiger partial charge in [0.2, 0.25) is 0 Å². The Bertz CT molecular complexity index is 526. The van der Waals surface area contributed by atoms with Crippen LogP contribution in [0.2, 0.25) is 0 Å². The molecule has 0 aliphatic carbocycles. The van der Waals surface area contributed by atoms with E-state index < -0.39 is 0 Å². The lowest BCUT2D eigenvalue weighted by Gasteiger charge is -2.12. The number of benzene rings is 2. The Kier molecular flexibility index (Phi) is 4.81. The van der Waals surface area contributed by atoms with Crippen molar-refractivity contribution in [1.29, 1.82) is 0 Å². The Balaban J connectivity index is 2.10. The predicted molar refractivity (Wildman–Crippen MR) is 76.5 cm³/mol. The van der Waals surface area contributed by atoms with Crippen LogP contribution in [-0.2, 0) is 13.0 Å². The summed E-state index contributed by atoms with van der Waals surface area (Å²) in [4.78, 5) is 0. The van der Waals surface area contributed by atoms with Crippen molar-refractivity contribution in [3.05, 3.63) is 59.7 Å². The number of nitrogens with two attached hydrogens (primary N) is 1. The van der Waals surface area contributed by atoms with Gasteiger partial charge in [-0.05, 0) is 30.7 Å². The van der Waals surface area contributed by atoms with Gasteiger partial charge in [-0.3, -0.25) is 0 Å². The van der Waals surface area contributed by atoms with Crippen molar-refractivity contribution in [1.82, 2.24) is 0 Å². The highest BCUT2D eigenvalue weighted by atomic mass is 16.5. The molecule has 0 fully saturated rings. The lowest BCUT2D eigenvalue weighted by atomic mass is 10.1. The molecule has 3 nitrogen and oxygen atoms in total. The summed E-state index contributed by atoms with van der Waals surface area (Å²) in [6.07, 6.45) is 0.822. The third kappa shape index (κ3) is 3.48. The topological polar surface area (TPSA) is 44.5 Å². The van der Waals surface area contributed by atoms with E-state index in [1.54, 1.807) is 7.11 Å². The van der Waals surface area contributed by atoms with Gasteiger partial charge in [0.05, 0.1) is 7.11 Å². The van der Waals surface area contributed by atoms with E-state index >= 15 is 0 Å². The minimum Gasteiger partial charge on any atom is -0.496 e. The van der Waals surface area contributed by atoms with Gasteiger partial charge in [0.1, 0.15) is 18.1 Å². The van der Waals surface area contributed by atoms with E-state index in [4.69, 9.17) is 15.2 Å². The number of hydrogen-bond acceptors (Lipinski definition) is 3. The Hall–Kier alpha value is -2.00. The Labute approximate surface area is 114 Å². The summed E-state index contributed by atoms with van der Waals surface area (Å²) in [6, 6.07) is 15.9. The maximum absolute atomic E-state index is 5.88. The zero-order chi connectivity index (χ0) is 13.5. The second-order valence-corrected chi connectivity index (χ2v) is 4.25. The molecule has 0 aromatic heterocycles.